The van der Waals surface area contributed by atoms with Crippen molar-refractivity contribution in [1.29, 1.82) is 0 Å². The summed E-state index contributed by atoms with van der Waals surface area (Å²) in [5, 5.41) is 13.6. The molecule has 1 unspecified atom stereocenters. The molecule has 1 aromatic heterocycles. The van der Waals surface area contributed by atoms with Gasteiger partial charge in [-0.3, -0.25) is 9.59 Å². The van der Waals surface area contributed by atoms with Gasteiger partial charge in [-0.1, -0.05) is 47.7 Å². The fraction of sp³-hybridized carbons (Fsp3) is 0.250. The Balaban J connectivity index is 1.40. The van der Waals surface area contributed by atoms with Gasteiger partial charge in [-0.2, -0.15) is 0 Å². The molecule has 4 aromatic rings. The summed E-state index contributed by atoms with van der Waals surface area (Å²) in [6, 6.07) is 21.2. The fourth-order valence-corrected chi connectivity index (χ4v) is 4.74. The van der Waals surface area contributed by atoms with Crippen LogP contribution in [0.25, 0.3) is 21.3 Å². The van der Waals surface area contributed by atoms with E-state index >= 15 is 0 Å². The van der Waals surface area contributed by atoms with Crippen molar-refractivity contribution in [3.05, 3.63) is 72.3 Å². The van der Waals surface area contributed by atoms with Gasteiger partial charge in [0.25, 0.3) is 0 Å². The fourth-order valence-electron chi connectivity index (χ4n) is 3.87. The first-order valence-electron chi connectivity index (χ1n) is 11.6. The van der Waals surface area contributed by atoms with E-state index in [1.54, 1.807) is 30.6 Å². The normalized spacial score (nSPS) is 12.0. The summed E-state index contributed by atoms with van der Waals surface area (Å²) < 4.78 is 6.35. The van der Waals surface area contributed by atoms with Gasteiger partial charge in [0, 0.05) is 23.7 Å². The maximum atomic E-state index is 12.7. The first-order valence-corrected chi connectivity index (χ1v) is 12.5. The van der Waals surface area contributed by atoms with Crippen molar-refractivity contribution in [3.63, 3.8) is 0 Å². The van der Waals surface area contributed by atoms with E-state index in [2.05, 4.69) is 10.3 Å². The number of rotatable bonds is 11. The molecule has 4 rings (SSSR count). The summed E-state index contributed by atoms with van der Waals surface area (Å²) in [4.78, 5) is 30.8. The second kappa shape index (κ2) is 11.3. The standard InChI is InChI=1S/C28H29N3O4S/c1-31(2)15-14-21(27(33)34)16-25(32)20-6-4-18(5-7-20)19-8-10-22(11-9-19)29-28-30-24-17-23(35-3)12-13-26(24)36-28/h4-13,17,21H,14-16H2,1-3H3,(H,29,30)(H,33,34). The van der Waals surface area contributed by atoms with E-state index in [1.807, 2.05) is 73.6 Å². The molecular formula is C28H29N3O4S. The Hall–Kier alpha value is -3.75. The minimum Gasteiger partial charge on any atom is -0.497 e. The molecule has 0 fully saturated rings. The van der Waals surface area contributed by atoms with E-state index in [-0.39, 0.29) is 12.2 Å². The van der Waals surface area contributed by atoms with E-state index < -0.39 is 11.9 Å². The number of carboxylic acid groups (broad SMARTS) is 1. The number of hydrogen-bond donors (Lipinski definition) is 2. The second-order valence-electron chi connectivity index (χ2n) is 8.89. The highest BCUT2D eigenvalue weighted by Crippen LogP contribution is 2.31. The molecule has 0 amide bonds. The highest BCUT2D eigenvalue weighted by Gasteiger charge is 2.22. The average molecular weight is 504 g/mol. The number of hydrogen-bond acceptors (Lipinski definition) is 7. The van der Waals surface area contributed by atoms with Crippen LogP contribution in [0.15, 0.2) is 66.7 Å². The number of thiazole rings is 1. The molecule has 3 aromatic carbocycles. The SMILES string of the molecule is COc1ccc2sc(Nc3ccc(-c4ccc(C(=O)CC(CCN(C)C)C(=O)O)cc4)cc3)nc2c1. The molecular weight excluding hydrogens is 474 g/mol. The van der Waals surface area contributed by atoms with Gasteiger partial charge in [0.1, 0.15) is 5.75 Å². The van der Waals surface area contributed by atoms with Gasteiger partial charge in [-0.05, 0) is 62.5 Å². The Labute approximate surface area is 214 Å². The van der Waals surface area contributed by atoms with E-state index in [1.165, 1.54) is 0 Å². The third-order valence-electron chi connectivity index (χ3n) is 5.98. The average Bonchev–Trinajstić information content (AvgIpc) is 3.28. The summed E-state index contributed by atoms with van der Waals surface area (Å²) in [5.41, 5.74) is 4.34. The monoisotopic (exact) mass is 503 g/mol. The number of methoxy groups -OCH3 is 1. The largest absolute Gasteiger partial charge is 0.497 e. The number of Topliss-reactive ketones (excluding diaryl/α,β-unsaturated/α-hetero) is 1. The molecule has 2 N–H and O–H groups in total. The lowest BCUT2D eigenvalue weighted by Crippen LogP contribution is -2.23. The predicted octanol–water partition coefficient (Wildman–Crippen LogP) is 5.94. The zero-order valence-electron chi connectivity index (χ0n) is 20.5. The molecule has 1 atom stereocenters. The van der Waals surface area contributed by atoms with Gasteiger partial charge < -0.3 is 20.1 Å². The highest BCUT2D eigenvalue weighted by atomic mass is 32.1. The third-order valence-corrected chi connectivity index (χ3v) is 6.93. The maximum Gasteiger partial charge on any atom is 0.307 e. The number of ether oxygens (including phenoxy) is 1. The number of benzene rings is 3. The number of nitrogens with zero attached hydrogens (tertiary/aromatic N) is 2. The minimum atomic E-state index is -0.930. The number of fused-ring (bicyclic) bond motifs is 1. The van der Waals surface area contributed by atoms with Gasteiger partial charge in [-0.15, -0.1) is 0 Å². The first-order chi connectivity index (χ1) is 17.3. The van der Waals surface area contributed by atoms with E-state index in [0.29, 0.717) is 18.5 Å². The lowest BCUT2D eigenvalue weighted by Gasteiger charge is -2.15. The van der Waals surface area contributed by atoms with Gasteiger partial charge in [0.15, 0.2) is 10.9 Å². The summed E-state index contributed by atoms with van der Waals surface area (Å²) in [5.74, 6) is -0.985. The van der Waals surface area contributed by atoms with Crippen LogP contribution in [-0.2, 0) is 4.79 Å². The summed E-state index contributed by atoms with van der Waals surface area (Å²) in [6.07, 6.45) is 0.444. The molecule has 0 aliphatic heterocycles. The molecule has 1 heterocycles. The molecule has 0 bridgehead atoms. The molecule has 0 aliphatic rings. The van der Waals surface area contributed by atoms with Crippen LogP contribution in [0, 0.1) is 5.92 Å². The number of aromatic nitrogens is 1. The van der Waals surface area contributed by atoms with Crippen LogP contribution in [0.1, 0.15) is 23.2 Å². The van der Waals surface area contributed by atoms with Crippen LogP contribution >= 0.6 is 11.3 Å². The Kier molecular flexibility index (Phi) is 7.97. The summed E-state index contributed by atoms with van der Waals surface area (Å²) in [6.45, 7) is 0.627. The van der Waals surface area contributed by atoms with Crippen molar-refractivity contribution in [2.45, 2.75) is 12.8 Å². The molecule has 8 heteroatoms. The number of carbonyl (C=O) groups is 2. The van der Waals surface area contributed by atoms with Crippen LogP contribution in [0.5, 0.6) is 5.75 Å². The van der Waals surface area contributed by atoms with Crippen LogP contribution in [0.2, 0.25) is 0 Å². The maximum absolute atomic E-state index is 12.7. The van der Waals surface area contributed by atoms with Gasteiger partial charge >= 0.3 is 5.97 Å². The van der Waals surface area contributed by atoms with Gasteiger partial charge in [0.05, 0.1) is 23.2 Å². The lowest BCUT2D eigenvalue weighted by molar-refractivity contribution is -0.142. The number of nitrogens with one attached hydrogen (secondary N) is 1. The van der Waals surface area contributed by atoms with Crippen molar-refractivity contribution < 1.29 is 19.4 Å². The summed E-state index contributed by atoms with van der Waals surface area (Å²) in [7, 11) is 5.42. The van der Waals surface area contributed by atoms with Gasteiger partial charge in [0.2, 0.25) is 0 Å². The van der Waals surface area contributed by atoms with E-state index in [4.69, 9.17) is 4.74 Å². The van der Waals surface area contributed by atoms with Crippen molar-refractivity contribution in [2.75, 3.05) is 33.1 Å². The van der Waals surface area contributed by atoms with Crippen molar-refractivity contribution in [3.8, 4) is 16.9 Å². The zero-order chi connectivity index (χ0) is 25.7. The van der Waals surface area contributed by atoms with Crippen molar-refractivity contribution in [1.82, 2.24) is 9.88 Å². The quantitative estimate of drug-likeness (QED) is 0.245. The number of carboxylic acids is 1. The smallest absolute Gasteiger partial charge is 0.307 e. The van der Waals surface area contributed by atoms with Crippen molar-refractivity contribution in [2.24, 2.45) is 5.92 Å². The number of anilines is 2. The molecule has 0 radical (unpaired) electrons. The molecule has 186 valence electrons. The number of ketones is 1. The van der Waals surface area contributed by atoms with Crippen molar-refractivity contribution >= 4 is 44.1 Å². The molecule has 0 aliphatic carbocycles. The number of aliphatic carboxylic acids is 1. The molecule has 0 saturated heterocycles. The van der Waals surface area contributed by atoms with Crippen LogP contribution in [0.4, 0.5) is 10.8 Å². The van der Waals surface area contributed by atoms with Crippen LogP contribution < -0.4 is 10.1 Å². The molecule has 36 heavy (non-hydrogen) atoms. The summed E-state index contributed by atoms with van der Waals surface area (Å²) >= 11 is 1.58. The Morgan fingerprint density at radius 1 is 1.03 bits per heavy atom. The first kappa shape index (κ1) is 25.3. The predicted molar refractivity (Wildman–Crippen MR) is 145 cm³/mol. The van der Waals surface area contributed by atoms with Gasteiger partial charge in [-0.25, -0.2) is 4.98 Å². The second-order valence-corrected chi connectivity index (χ2v) is 9.92. The Bertz CT molecular complexity index is 1350. The Morgan fingerprint density at radius 3 is 2.31 bits per heavy atom. The van der Waals surface area contributed by atoms with E-state index in [0.717, 1.165) is 37.9 Å². The molecule has 0 spiro atoms. The Morgan fingerprint density at radius 2 is 1.69 bits per heavy atom. The lowest BCUT2D eigenvalue weighted by atomic mass is 9.94. The third kappa shape index (κ3) is 6.27. The highest BCUT2D eigenvalue weighted by molar-refractivity contribution is 7.22. The molecule has 0 saturated carbocycles. The topological polar surface area (TPSA) is 91.8 Å². The minimum absolute atomic E-state index is 0.00142. The number of carbonyl (C=O) groups excluding carboxylic acids is 1. The zero-order valence-corrected chi connectivity index (χ0v) is 21.3. The molecule has 7 nitrogen and oxygen atoms in total. The van der Waals surface area contributed by atoms with Crippen LogP contribution in [-0.4, -0.2) is 54.5 Å². The van der Waals surface area contributed by atoms with Crippen LogP contribution in [0.3, 0.4) is 0 Å². The van der Waals surface area contributed by atoms with E-state index in [9.17, 15) is 14.7 Å².